The van der Waals surface area contributed by atoms with E-state index in [2.05, 4.69) is 19.6 Å². The molecular weight excluding hydrogens is 495 g/mol. The molecule has 0 aliphatic carbocycles. The van der Waals surface area contributed by atoms with Gasteiger partial charge < -0.3 is 15.6 Å². The number of carboxylic acid groups (broad SMARTS) is 1. The van der Waals surface area contributed by atoms with Crippen molar-refractivity contribution < 1.29 is 15.6 Å². The monoisotopic (exact) mass is 538 g/mol. The predicted octanol–water partition coefficient (Wildman–Crippen LogP) is 3.87. The summed E-state index contributed by atoms with van der Waals surface area (Å²) in [4.78, 5) is 10.0. The van der Waals surface area contributed by atoms with E-state index in [1.54, 1.807) is 0 Å². The Balaban J connectivity index is -0.000000354. The van der Waals surface area contributed by atoms with E-state index in [0.29, 0.717) is 0 Å². The van der Waals surface area contributed by atoms with Crippen LogP contribution in [0.5, 0.6) is 0 Å². The Kier molecular flexibility index (Phi) is 34.1. The van der Waals surface area contributed by atoms with Crippen molar-refractivity contribution in [2.45, 2.75) is 117 Å². The fourth-order valence-electron chi connectivity index (χ4n) is 2.54. The summed E-state index contributed by atoms with van der Waals surface area (Å²) in [5.41, 5.74) is 3.83. The first-order valence-electron chi connectivity index (χ1n) is 10.2. The number of hydrogen-bond acceptors (Lipinski definition) is 2. The molecule has 0 bridgehead atoms. The summed E-state index contributed by atoms with van der Waals surface area (Å²) >= 11 is 0. The summed E-state index contributed by atoms with van der Waals surface area (Å²) in [7, 11) is 0. The molecule has 0 aromatic carbocycles. The van der Waals surface area contributed by atoms with Crippen LogP contribution in [0.15, 0.2) is 0 Å². The first-order chi connectivity index (χ1) is 11.2. The zero-order chi connectivity index (χ0) is 17.6. The summed E-state index contributed by atoms with van der Waals surface area (Å²) in [6, 6.07) is 0. The zero-order valence-electron chi connectivity index (χ0n) is 16.5. The molecule has 0 spiro atoms. The van der Waals surface area contributed by atoms with Crippen LogP contribution in [0.25, 0.3) is 0 Å². The minimum absolute atomic E-state index is 0. The van der Waals surface area contributed by atoms with Gasteiger partial charge in [-0.3, -0.25) is 0 Å². The van der Waals surface area contributed by atoms with Gasteiger partial charge in [-0.15, -0.1) is 0 Å². The average Bonchev–Trinajstić information content (AvgIpc) is 2.54. The van der Waals surface area contributed by atoms with Crippen LogP contribution >= 0.6 is 0 Å². The van der Waals surface area contributed by atoms with Crippen LogP contribution in [-0.2, 0) is 4.79 Å². The van der Waals surface area contributed by atoms with Gasteiger partial charge in [0.2, 0.25) is 0 Å². The fraction of sp³-hybridized carbons (Fsp3) is 0.950. The first kappa shape index (κ1) is 29.1. The minimum Gasteiger partial charge on any atom is -0.550 e. The van der Waals surface area contributed by atoms with Crippen molar-refractivity contribution in [1.29, 1.82) is 0 Å². The van der Waals surface area contributed by atoms with Gasteiger partial charge in [0.1, 0.15) is 0 Å². The van der Waals surface area contributed by atoms with E-state index in [1.807, 2.05) is 0 Å². The zero-order valence-corrected chi connectivity index (χ0v) is 20.0. The van der Waals surface area contributed by atoms with E-state index in [4.69, 9.17) is 0 Å². The Morgan fingerprint density at radius 2 is 1.00 bits per heavy atom. The summed E-state index contributed by atoms with van der Waals surface area (Å²) in [6.07, 6.45) is 19.6. The summed E-state index contributed by atoms with van der Waals surface area (Å²) < 4.78 is 0. The largest absolute Gasteiger partial charge is 0.550 e. The van der Waals surface area contributed by atoms with Crippen LogP contribution in [0.4, 0.5) is 0 Å². The van der Waals surface area contributed by atoms with E-state index < -0.39 is 5.97 Å². The van der Waals surface area contributed by atoms with Crippen molar-refractivity contribution >= 4 is 32.2 Å². The molecular formula is C20H43BiNO2. The molecule has 0 aliphatic heterocycles. The quantitative estimate of drug-likeness (QED) is 0.240. The molecule has 3 nitrogen and oxygen atoms in total. The van der Waals surface area contributed by atoms with Crippen LogP contribution < -0.4 is 10.8 Å². The third kappa shape index (κ3) is 33.8. The van der Waals surface area contributed by atoms with Gasteiger partial charge in [-0.2, -0.15) is 0 Å². The van der Waals surface area contributed by atoms with Crippen LogP contribution in [0.1, 0.15) is 117 Å². The van der Waals surface area contributed by atoms with Crippen molar-refractivity contribution in [3.05, 3.63) is 0 Å². The van der Waals surface area contributed by atoms with Gasteiger partial charge in [-0.1, -0.05) is 90.9 Å². The third-order valence-electron chi connectivity index (χ3n) is 4.09. The first-order valence-corrected chi connectivity index (χ1v) is 10.2. The molecule has 0 rings (SSSR count). The Morgan fingerprint density at radius 1 is 0.667 bits per heavy atom. The van der Waals surface area contributed by atoms with Crippen molar-refractivity contribution in [2.75, 3.05) is 6.54 Å². The van der Waals surface area contributed by atoms with Crippen molar-refractivity contribution in [3.63, 3.8) is 0 Å². The molecule has 0 saturated carbocycles. The smallest absolute Gasteiger partial charge is 0.0739 e. The summed E-state index contributed by atoms with van der Waals surface area (Å²) in [6.45, 7) is 5.58. The molecule has 145 valence electrons. The topological polar surface area (TPSA) is 67.8 Å². The third-order valence-corrected chi connectivity index (χ3v) is 4.09. The van der Waals surface area contributed by atoms with Gasteiger partial charge in [0.15, 0.2) is 0 Å². The summed E-state index contributed by atoms with van der Waals surface area (Å²) in [5.74, 6) is -0.913. The number of unbranched alkanes of at least 4 members (excludes halogenated alkanes) is 13. The Morgan fingerprint density at radius 3 is 1.33 bits per heavy atom. The fourth-order valence-corrected chi connectivity index (χ4v) is 2.54. The molecule has 24 heavy (non-hydrogen) atoms. The Labute approximate surface area is 170 Å². The second-order valence-electron chi connectivity index (χ2n) is 6.57. The number of rotatable bonds is 16. The van der Waals surface area contributed by atoms with E-state index in [0.717, 1.165) is 19.4 Å². The standard InChI is InChI=1S/C10H23N.C10H20O2.Bi/c1-2-3-4-5-6-7-8-9-10-11;1-2-3-4-5-6-7-8-9-10(11)12;/h2-11H2,1H3;2-9H2,1H3,(H,11,12);. The molecule has 0 fully saturated rings. The number of carbonyl (C=O) groups is 1. The van der Waals surface area contributed by atoms with Gasteiger partial charge >= 0.3 is 0 Å². The van der Waals surface area contributed by atoms with E-state index in [-0.39, 0.29) is 32.6 Å². The number of quaternary nitrogens is 1. The molecule has 0 unspecified atom stereocenters. The normalized spacial score (nSPS) is 9.79. The van der Waals surface area contributed by atoms with Gasteiger partial charge in [0.05, 0.1) is 6.54 Å². The molecule has 0 aromatic heterocycles. The second kappa shape index (κ2) is 28.1. The molecule has 4 heteroatoms. The number of aliphatic carboxylic acids is 1. The predicted molar refractivity (Wildman–Crippen MR) is 104 cm³/mol. The maximum absolute atomic E-state index is 10.0. The second-order valence-corrected chi connectivity index (χ2v) is 6.57. The maximum atomic E-state index is 10.0. The van der Waals surface area contributed by atoms with Crippen molar-refractivity contribution in [3.8, 4) is 0 Å². The van der Waals surface area contributed by atoms with Crippen LogP contribution in [0, 0.1) is 0 Å². The van der Waals surface area contributed by atoms with Gasteiger partial charge in [-0.05, 0) is 25.7 Å². The minimum atomic E-state index is -0.913. The van der Waals surface area contributed by atoms with E-state index in [1.165, 1.54) is 83.5 Å². The molecule has 3 N–H and O–H groups in total. The van der Waals surface area contributed by atoms with Gasteiger partial charge in [0, 0.05) is 32.2 Å². The number of carbonyl (C=O) groups excluding carboxylic acids is 1. The summed E-state index contributed by atoms with van der Waals surface area (Å²) in [5, 5.41) is 10.0. The van der Waals surface area contributed by atoms with Crippen LogP contribution in [-0.4, -0.2) is 38.7 Å². The van der Waals surface area contributed by atoms with Crippen molar-refractivity contribution in [2.24, 2.45) is 0 Å². The Hall–Kier alpha value is 0.313. The van der Waals surface area contributed by atoms with Crippen molar-refractivity contribution in [1.82, 2.24) is 0 Å². The molecule has 0 heterocycles. The van der Waals surface area contributed by atoms with Crippen LogP contribution in [0.3, 0.4) is 0 Å². The number of hydrogen-bond donors (Lipinski definition) is 1. The van der Waals surface area contributed by atoms with Crippen LogP contribution in [0.2, 0.25) is 0 Å². The molecule has 0 saturated heterocycles. The van der Waals surface area contributed by atoms with E-state index >= 15 is 0 Å². The van der Waals surface area contributed by atoms with Gasteiger partial charge in [-0.25, -0.2) is 0 Å². The Bertz CT molecular complexity index is 218. The number of carboxylic acids is 1. The molecule has 0 amide bonds. The van der Waals surface area contributed by atoms with Gasteiger partial charge in [0.25, 0.3) is 0 Å². The molecule has 0 aliphatic rings. The molecule has 0 aromatic rings. The maximum Gasteiger partial charge on any atom is 0.0739 e. The average molecular weight is 539 g/mol. The van der Waals surface area contributed by atoms with E-state index in [9.17, 15) is 9.90 Å². The SMILES string of the molecule is CCCCCCCCCC(=O)[O-].CCCCCCCCCC[NH3+].[Bi]. The molecule has 3 radical (unpaired) electrons. The molecule has 0 atom stereocenters.